The van der Waals surface area contributed by atoms with Crippen LogP contribution in [-0.4, -0.2) is 42.4 Å². The maximum Gasteiger partial charge on any atom is 0.305 e. The zero-order valence-electron chi connectivity index (χ0n) is 19.6. The van der Waals surface area contributed by atoms with E-state index in [0.29, 0.717) is 6.42 Å². The Morgan fingerprint density at radius 2 is 1.39 bits per heavy atom. The van der Waals surface area contributed by atoms with Crippen molar-refractivity contribution in [2.75, 3.05) is 13.7 Å². The molecule has 0 aromatic heterocycles. The van der Waals surface area contributed by atoms with E-state index in [-0.39, 0.29) is 12.1 Å². The van der Waals surface area contributed by atoms with Crippen LogP contribution >= 0.6 is 0 Å². The van der Waals surface area contributed by atoms with Crippen molar-refractivity contribution < 1.29 is 18.4 Å². The van der Waals surface area contributed by atoms with E-state index < -0.39 is 16.6 Å². The first-order chi connectivity index (χ1) is 13.4. The second-order valence-corrected chi connectivity index (χ2v) is 17.2. The number of unbranched alkanes of at least 4 members (excludes halogenated alkanes) is 1. The zero-order chi connectivity index (χ0) is 21.5. The minimum Gasteiger partial charge on any atom is -0.469 e. The summed E-state index contributed by atoms with van der Waals surface area (Å²) in [5, 5.41) is 0. The Hall–Kier alpha value is -0.436. The predicted octanol–water partition coefficient (Wildman–Crippen LogP) is 6.69. The highest BCUT2D eigenvalue weighted by atomic mass is 28.4. The molecule has 1 unspecified atom stereocenters. The highest BCUT2D eigenvalue weighted by Crippen LogP contribution is 2.27. The number of esters is 1. The van der Waals surface area contributed by atoms with Crippen molar-refractivity contribution in [3.63, 3.8) is 0 Å². The van der Waals surface area contributed by atoms with Gasteiger partial charge in [0.2, 0.25) is 0 Å². The largest absolute Gasteiger partial charge is 0.469 e. The number of hydrogen-bond acceptors (Lipinski definition) is 4. The van der Waals surface area contributed by atoms with Crippen LogP contribution in [-0.2, 0) is 18.4 Å². The molecule has 1 atom stereocenters. The summed E-state index contributed by atoms with van der Waals surface area (Å²) in [7, 11) is -1.82. The van der Waals surface area contributed by atoms with Crippen LogP contribution in [0.2, 0.25) is 36.3 Å². The molecule has 0 spiro atoms. The number of carbonyl (C=O) groups excluding carboxylic acids is 1. The lowest BCUT2D eigenvalue weighted by Crippen LogP contribution is -2.44. The molecule has 0 heterocycles. The van der Waals surface area contributed by atoms with Gasteiger partial charge in [0.15, 0.2) is 16.6 Å². The highest BCUT2D eigenvalue weighted by Gasteiger charge is 2.34. The Kier molecular flexibility index (Phi) is 15.2. The number of rotatable bonds is 17. The molecule has 0 amide bonds. The summed E-state index contributed by atoms with van der Waals surface area (Å²) in [5.41, 5.74) is 0. The van der Waals surface area contributed by atoms with Crippen LogP contribution < -0.4 is 0 Å². The third-order valence-electron chi connectivity index (χ3n) is 6.40. The molecule has 4 nitrogen and oxygen atoms in total. The topological polar surface area (TPSA) is 44.8 Å². The van der Waals surface area contributed by atoms with Gasteiger partial charge < -0.3 is 13.6 Å². The predicted molar refractivity (Wildman–Crippen MR) is 125 cm³/mol. The van der Waals surface area contributed by atoms with Gasteiger partial charge in [0.25, 0.3) is 0 Å². The quantitative estimate of drug-likeness (QED) is 0.112. The second kappa shape index (κ2) is 15.4. The number of allylic oxidation sites excluding steroid dienone is 1. The monoisotopic (exact) mass is 430 g/mol. The molecule has 0 aliphatic carbocycles. The van der Waals surface area contributed by atoms with Gasteiger partial charge in [-0.15, -0.1) is 0 Å². The van der Waals surface area contributed by atoms with Gasteiger partial charge in [-0.05, 0) is 55.5 Å². The first-order valence-electron chi connectivity index (χ1n) is 11.4. The fourth-order valence-corrected chi connectivity index (χ4v) is 9.18. The molecule has 0 saturated carbocycles. The Morgan fingerprint density at radius 3 is 1.86 bits per heavy atom. The second-order valence-electron chi connectivity index (χ2n) is 7.71. The summed E-state index contributed by atoms with van der Waals surface area (Å²) in [6.07, 6.45) is 7.67. The highest BCUT2D eigenvalue weighted by molar-refractivity contribution is 6.74. The van der Waals surface area contributed by atoms with Gasteiger partial charge in [0.1, 0.15) is 0 Å². The molecule has 0 rings (SSSR count). The molecule has 6 heteroatoms. The van der Waals surface area contributed by atoms with E-state index in [1.807, 2.05) is 0 Å². The summed E-state index contributed by atoms with van der Waals surface area (Å²) < 4.78 is 18.1. The van der Waals surface area contributed by atoms with Crippen molar-refractivity contribution >= 4 is 22.6 Å². The van der Waals surface area contributed by atoms with Crippen molar-refractivity contribution in [3.8, 4) is 0 Å². The van der Waals surface area contributed by atoms with E-state index in [9.17, 15) is 4.79 Å². The zero-order valence-corrected chi connectivity index (χ0v) is 21.6. The molecule has 0 N–H and O–H groups in total. The van der Waals surface area contributed by atoms with Crippen LogP contribution in [0.1, 0.15) is 67.2 Å². The van der Waals surface area contributed by atoms with Crippen LogP contribution in [0.3, 0.4) is 0 Å². The van der Waals surface area contributed by atoms with Crippen molar-refractivity contribution in [1.29, 1.82) is 0 Å². The van der Waals surface area contributed by atoms with Crippen LogP contribution in [0, 0.1) is 0 Å². The normalized spacial score (nSPS) is 13.8. The molecule has 0 aromatic carbocycles. The number of carbonyl (C=O) groups is 1. The van der Waals surface area contributed by atoms with Gasteiger partial charge in [0.05, 0.1) is 19.8 Å². The molecular weight excluding hydrogens is 384 g/mol. The fourth-order valence-electron chi connectivity index (χ4n) is 3.66. The van der Waals surface area contributed by atoms with Crippen molar-refractivity contribution in [1.82, 2.24) is 0 Å². The smallest absolute Gasteiger partial charge is 0.305 e. The van der Waals surface area contributed by atoms with Gasteiger partial charge in [0, 0.05) is 6.42 Å². The SMILES string of the molecule is CC[Si](CC)(CC)OCC(C/C=C/CCCC(=O)OC)O[Si](CC)(CC)CC. The molecule has 0 bridgehead atoms. The van der Waals surface area contributed by atoms with Gasteiger partial charge in [-0.2, -0.15) is 0 Å². The van der Waals surface area contributed by atoms with Crippen LogP contribution in [0.5, 0.6) is 0 Å². The third kappa shape index (κ3) is 9.85. The fraction of sp³-hybridized carbons (Fsp3) is 0.864. The van der Waals surface area contributed by atoms with Crippen LogP contribution in [0.15, 0.2) is 12.2 Å². The van der Waals surface area contributed by atoms with E-state index in [1.54, 1.807) is 0 Å². The van der Waals surface area contributed by atoms with E-state index in [0.717, 1.165) is 44.0 Å². The van der Waals surface area contributed by atoms with Crippen LogP contribution in [0.4, 0.5) is 0 Å². The molecular formula is C22H46O4Si2. The number of methoxy groups -OCH3 is 1. The lowest BCUT2D eigenvalue weighted by molar-refractivity contribution is -0.140. The Bertz CT molecular complexity index is 416. The van der Waals surface area contributed by atoms with Gasteiger partial charge in [-0.25, -0.2) is 0 Å². The van der Waals surface area contributed by atoms with Crippen molar-refractivity contribution in [3.05, 3.63) is 12.2 Å². The average Bonchev–Trinajstić information content (AvgIpc) is 2.75. The standard InChI is InChI=1S/C22H46O4Si2/c1-8-27(9-2,10-3)25-20-21(26-28(11-4,12-5)13-6)18-16-14-15-17-19-22(23)24-7/h14,16,21H,8-13,15,17-20H2,1-7H3/b16-14+. The van der Waals surface area contributed by atoms with Crippen molar-refractivity contribution in [2.45, 2.75) is 110 Å². The molecule has 28 heavy (non-hydrogen) atoms. The molecule has 0 saturated heterocycles. The maximum absolute atomic E-state index is 11.2. The Balaban J connectivity index is 4.91. The van der Waals surface area contributed by atoms with Crippen LogP contribution in [0.25, 0.3) is 0 Å². The van der Waals surface area contributed by atoms with Gasteiger partial charge in [-0.1, -0.05) is 53.7 Å². The molecule has 0 fully saturated rings. The molecule has 166 valence electrons. The van der Waals surface area contributed by atoms with E-state index in [2.05, 4.69) is 53.7 Å². The first kappa shape index (κ1) is 27.6. The third-order valence-corrected chi connectivity index (χ3v) is 15.7. The number of hydrogen-bond donors (Lipinski definition) is 0. The average molecular weight is 431 g/mol. The van der Waals surface area contributed by atoms with E-state index in [1.165, 1.54) is 25.2 Å². The molecule has 0 radical (unpaired) electrons. The van der Waals surface area contributed by atoms with Gasteiger partial charge >= 0.3 is 5.97 Å². The van der Waals surface area contributed by atoms with E-state index >= 15 is 0 Å². The minimum atomic E-state index is -1.66. The van der Waals surface area contributed by atoms with E-state index in [4.69, 9.17) is 13.6 Å². The summed E-state index contributed by atoms with van der Waals surface area (Å²) in [5.74, 6) is -0.132. The summed E-state index contributed by atoms with van der Waals surface area (Å²) >= 11 is 0. The first-order valence-corrected chi connectivity index (χ1v) is 16.5. The Labute approximate surface area is 176 Å². The minimum absolute atomic E-state index is 0.132. The lowest BCUT2D eigenvalue weighted by Gasteiger charge is -2.35. The lowest BCUT2D eigenvalue weighted by atomic mass is 10.2. The molecule has 0 aliphatic rings. The number of ether oxygens (including phenoxy) is 1. The van der Waals surface area contributed by atoms with Gasteiger partial charge in [-0.3, -0.25) is 4.79 Å². The molecule has 0 aliphatic heterocycles. The summed E-state index contributed by atoms with van der Waals surface area (Å²) in [6.45, 7) is 14.4. The Morgan fingerprint density at radius 1 is 0.857 bits per heavy atom. The summed E-state index contributed by atoms with van der Waals surface area (Å²) in [4.78, 5) is 11.2. The van der Waals surface area contributed by atoms with Crippen molar-refractivity contribution in [2.24, 2.45) is 0 Å². The summed E-state index contributed by atoms with van der Waals surface area (Å²) in [6, 6.07) is 7.02. The maximum atomic E-state index is 11.2. The molecule has 0 aromatic rings.